The number of rotatable bonds is 6. The molecular formula is C17H21N3O. The number of nitrogens with two attached hydrogens (primary N) is 2. The maximum absolute atomic E-state index is 11.5. The van der Waals surface area contributed by atoms with Gasteiger partial charge in [-0.3, -0.25) is 4.79 Å². The summed E-state index contributed by atoms with van der Waals surface area (Å²) in [6, 6.07) is 15.4. The number of nitrogen functional groups attached to an aromatic ring is 1. The van der Waals surface area contributed by atoms with Gasteiger partial charge in [0, 0.05) is 12.2 Å². The van der Waals surface area contributed by atoms with E-state index in [0.29, 0.717) is 11.3 Å². The fraction of sp³-hybridized carbons (Fsp3) is 0.235. The first-order valence-corrected chi connectivity index (χ1v) is 7.16. The van der Waals surface area contributed by atoms with Crippen LogP contribution in [-0.2, 0) is 0 Å². The largest absolute Gasteiger partial charge is 0.396 e. The number of anilines is 3. The zero-order valence-corrected chi connectivity index (χ0v) is 12.3. The van der Waals surface area contributed by atoms with Crippen LogP contribution in [0.25, 0.3) is 0 Å². The van der Waals surface area contributed by atoms with E-state index < -0.39 is 5.91 Å². The molecule has 4 N–H and O–H groups in total. The third-order valence-corrected chi connectivity index (χ3v) is 3.44. The second-order valence-electron chi connectivity index (χ2n) is 4.94. The molecule has 4 nitrogen and oxygen atoms in total. The summed E-state index contributed by atoms with van der Waals surface area (Å²) in [7, 11) is 0. The highest BCUT2D eigenvalue weighted by molar-refractivity contribution is 6.01. The molecule has 2 rings (SSSR count). The molecule has 0 heterocycles. The van der Waals surface area contributed by atoms with Crippen molar-refractivity contribution in [3.63, 3.8) is 0 Å². The highest BCUT2D eigenvalue weighted by Crippen LogP contribution is 2.32. The number of nitrogens with zero attached hydrogens (tertiary/aromatic N) is 1. The van der Waals surface area contributed by atoms with Crippen molar-refractivity contribution < 1.29 is 4.79 Å². The Morgan fingerprint density at radius 3 is 2.43 bits per heavy atom. The van der Waals surface area contributed by atoms with Gasteiger partial charge < -0.3 is 16.4 Å². The molecule has 0 unspecified atom stereocenters. The van der Waals surface area contributed by atoms with E-state index in [-0.39, 0.29) is 0 Å². The molecule has 2 aromatic rings. The quantitative estimate of drug-likeness (QED) is 0.799. The molecule has 0 atom stereocenters. The second kappa shape index (κ2) is 6.79. The first-order chi connectivity index (χ1) is 10.1. The Morgan fingerprint density at radius 1 is 1.10 bits per heavy atom. The highest BCUT2D eigenvalue weighted by atomic mass is 16.1. The van der Waals surface area contributed by atoms with E-state index in [4.69, 9.17) is 11.5 Å². The monoisotopic (exact) mass is 283 g/mol. The van der Waals surface area contributed by atoms with Crippen LogP contribution < -0.4 is 16.4 Å². The van der Waals surface area contributed by atoms with Crippen molar-refractivity contribution in [3.8, 4) is 0 Å². The van der Waals surface area contributed by atoms with E-state index in [2.05, 4.69) is 11.8 Å². The molecule has 0 aromatic heterocycles. The van der Waals surface area contributed by atoms with Crippen molar-refractivity contribution in [1.29, 1.82) is 0 Å². The number of carbonyl (C=O) groups is 1. The third-order valence-electron chi connectivity index (χ3n) is 3.44. The van der Waals surface area contributed by atoms with Crippen LogP contribution in [0.15, 0.2) is 48.5 Å². The van der Waals surface area contributed by atoms with Gasteiger partial charge in [0.1, 0.15) is 0 Å². The molecule has 0 radical (unpaired) electrons. The van der Waals surface area contributed by atoms with Crippen molar-refractivity contribution in [2.24, 2.45) is 5.73 Å². The predicted octanol–water partition coefficient (Wildman–Crippen LogP) is 3.31. The van der Waals surface area contributed by atoms with Crippen molar-refractivity contribution in [1.82, 2.24) is 0 Å². The van der Waals surface area contributed by atoms with Gasteiger partial charge in [0.15, 0.2) is 0 Å². The van der Waals surface area contributed by atoms with Crippen LogP contribution >= 0.6 is 0 Å². The van der Waals surface area contributed by atoms with Crippen molar-refractivity contribution in [3.05, 3.63) is 54.1 Å². The molecule has 21 heavy (non-hydrogen) atoms. The smallest absolute Gasteiger partial charge is 0.250 e. The summed E-state index contributed by atoms with van der Waals surface area (Å²) in [6.45, 7) is 2.99. The van der Waals surface area contributed by atoms with Crippen LogP contribution in [0.5, 0.6) is 0 Å². The van der Waals surface area contributed by atoms with Crippen LogP contribution in [0.3, 0.4) is 0 Å². The van der Waals surface area contributed by atoms with Gasteiger partial charge in [-0.2, -0.15) is 0 Å². The zero-order valence-electron chi connectivity index (χ0n) is 12.3. The number of para-hydroxylation sites is 2. The Kier molecular flexibility index (Phi) is 4.82. The Hall–Kier alpha value is -2.49. The van der Waals surface area contributed by atoms with Gasteiger partial charge in [-0.25, -0.2) is 0 Å². The number of hydrogen-bond acceptors (Lipinski definition) is 3. The van der Waals surface area contributed by atoms with Crippen molar-refractivity contribution in [2.75, 3.05) is 17.2 Å². The van der Waals surface area contributed by atoms with Gasteiger partial charge in [-0.05, 0) is 30.7 Å². The maximum atomic E-state index is 11.5. The molecule has 0 aliphatic rings. The third kappa shape index (κ3) is 3.34. The molecule has 110 valence electrons. The Balaban J connectivity index is 2.47. The first kappa shape index (κ1) is 14.9. The molecule has 0 fully saturated rings. The van der Waals surface area contributed by atoms with Crippen LogP contribution in [0, 0.1) is 0 Å². The highest BCUT2D eigenvalue weighted by Gasteiger charge is 2.15. The van der Waals surface area contributed by atoms with Gasteiger partial charge in [-0.1, -0.05) is 37.6 Å². The summed E-state index contributed by atoms with van der Waals surface area (Å²) in [5.41, 5.74) is 14.2. The van der Waals surface area contributed by atoms with Crippen LogP contribution in [-0.4, -0.2) is 12.5 Å². The average Bonchev–Trinajstić information content (AvgIpc) is 2.50. The molecule has 0 aliphatic carbocycles. The summed E-state index contributed by atoms with van der Waals surface area (Å²) in [4.78, 5) is 13.6. The minimum atomic E-state index is -0.502. The Morgan fingerprint density at radius 2 is 1.81 bits per heavy atom. The lowest BCUT2D eigenvalue weighted by Crippen LogP contribution is -2.21. The number of benzene rings is 2. The minimum Gasteiger partial charge on any atom is -0.396 e. The molecular weight excluding hydrogens is 262 g/mol. The van der Waals surface area contributed by atoms with E-state index in [0.717, 1.165) is 30.8 Å². The maximum Gasteiger partial charge on any atom is 0.250 e. The SMILES string of the molecule is CCCCN(c1ccccc1)c1cccc(C(N)=O)c1N. The summed E-state index contributed by atoms with van der Waals surface area (Å²) < 4.78 is 0. The summed E-state index contributed by atoms with van der Waals surface area (Å²) >= 11 is 0. The van der Waals surface area contributed by atoms with E-state index in [1.165, 1.54) is 0 Å². The lowest BCUT2D eigenvalue weighted by Gasteiger charge is -2.27. The fourth-order valence-corrected chi connectivity index (χ4v) is 2.32. The Bertz CT molecular complexity index is 611. The number of carbonyl (C=O) groups excluding carboxylic acids is 1. The topological polar surface area (TPSA) is 72.3 Å². The molecule has 0 saturated carbocycles. The molecule has 0 bridgehead atoms. The van der Waals surface area contributed by atoms with Crippen LogP contribution in [0.1, 0.15) is 30.1 Å². The normalized spacial score (nSPS) is 10.3. The number of unbranched alkanes of at least 4 members (excludes halogenated alkanes) is 1. The van der Waals surface area contributed by atoms with Gasteiger partial charge in [0.25, 0.3) is 5.91 Å². The molecule has 0 saturated heterocycles. The van der Waals surface area contributed by atoms with Crippen molar-refractivity contribution >= 4 is 23.0 Å². The van der Waals surface area contributed by atoms with E-state index >= 15 is 0 Å². The molecule has 4 heteroatoms. The second-order valence-corrected chi connectivity index (χ2v) is 4.94. The number of hydrogen-bond donors (Lipinski definition) is 2. The summed E-state index contributed by atoms with van der Waals surface area (Å²) in [5.74, 6) is -0.502. The van der Waals surface area contributed by atoms with Crippen LogP contribution in [0.4, 0.5) is 17.1 Å². The molecule has 1 amide bonds. The summed E-state index contributed by atoms with van der Waals surface area (Å²) in [6.07, 6.45) is 2.12. The Labute approximate surface area is 125 Å². The predicted molar refractivity (Wildman–Crippen MR) is 87.7 cm³/mol. The van der Waals surface area contributed by atoms with E-state index in [1.54, 1.807) is 6.07 Å². The molecule has 0 aliphatic heterocycles. The van der Waals surface area contributed by atoms with Gasteiger partial charge in [0.2, 0.25) is 0 Å². The van der Waals surface area contributed by atoms with E-state index in [1.807, 2.05) is 42.5 Å². The van der Waals surface area contributed by atoms with E-state index in [9.17, 15) is 4.79 Å². The molecule has 0 spiro atoms. The number of amides is 1. The first-order valence-electron chi connectivity index (χ1n) is 7.16. The van der Waals surface area contributed by atoms with Crippen LogP contribution in [0.2, 0.25) is 0 Å². The molecule has 2 aromatic carbocycles. The average molecular weight is 283 g/mol. The lowest BCUT2D eigenvalue weighted by molar-refractivity contribution is 0.100. The van der Waals surface area contributed by atoms with Gasteiger partial charge in [0.05, 0.1) is 16.9 Å². The minimum absolute atomic E-state index is 0.366. The zero-order chi connectivity index (χ0) is 15.2. The van der Waals surface area contributed by atoms with Crippen molar-refractivity contribution in [2.45, 2.75) is 19.8 Å². The lowest BCUT2D eigenvalue weighted by atomic mass is 10.1. The van der Waals surface area contributed by atoms with Gasteiger partial charge >= 0.3 is 0 Å². The standard InChI is InChI=1S/C17H21N3O/c1-2-3-12-20(13-8-5-4-6-9-13)15-11-7-10-14(16(15)18)17(19)21/h4-11H,2-3,12,18H2,1H3,(H2,19,21). The summed E-state index contributed by atoms with van der Waals surface area (Å²) in [5, 5.41) is 0. The fourth-order valence-electron chi connectivity index (χ4n) is 2.32. The van der Waals surface area contributed by atoms with Gasteiger partial charge in [-0.15, -0.1) is 0 Å². The number of primary amides is 1.